The Morgan fingerprint density at radius 3 is 2.38 bits per heavy atom. The van der Waals surface area contributed by atoms with Gasteiger partial charge in [0.1, 0.15) is 5.75 Å². The van der Waals surface area contributed by atoms with E-state index < -0.39 is 6.16 Å². The molecule has 26 heavy (non-hydrogen) atoms. The van der Waals surface area contributed by atoms with E-state index in [0.717, 1.165) is 37.8 Å². The van der Waals surface area contributed by atoms with Gasteiger partial charge >= 0.3 is 6.16 Å². The zero-order valence-corrected chi connectivity index (χ0v) is 15.5. The van der Waals surface area contributed by atoms with Gasteiger partial charge in [0.15, 0.2) is 0 Å². The highest BCUT2D eigenvalue weighted by molar-refractivity contribution is 5.64. The van der Waals surface area contributed by atoms with E-state index in [0.29, 0.717) is 18.0 Å². The minimum absolute atomic E-state index is 0.374. The summed E-state index contributed by atoms with van der Waals surface area (Å²) in [5.41, 5.74) is 2.79. The molecule has 0 aliphatic carbocycles. The van der Waals surface area contributed by atoms with Gasteiger partial charge in [0.05, 0.1) is 18.0 Å². The minimum atomic E-state index is -0.683. The van der Waals surface area contributed by atoms with Crippen molar-refractivity contribution in [3.8, 4) is 5.75 Å². The normalized spacial score (nSPS) is 10.8. The Morgan fingerprint density at radius 1 is 0.923 bits per heavy atom. The minimum Gasteiger partial charge on any atom is -0.434 e. The third-order valence-corrected chi connectivity index (χ3v) is 3.82. The number of ether oxygens (including phenoxy) is 2. The second kappa shape index (κ2) is 11.0. The van der Waals surface area contributed by atoms with Crippen LogP contribution in [0, 0.1) is 0 Å². The van der Waals surface area contributed by atoms with Gasteiger partial charge in [-0.1, -0.05) is 44.9 Å². The van der Waals surface area contributed by atoms with E-state index in [2.05, 4.69) is 23.2 Å². The van der Waals surface area contributed by atoms with Crippen LogP contribution in [0.1, 0.15) is 45.1 Å². The lowest BCUT2D eigenvalue weighted by atomic mass is 10.1. The fourth-order valence-electron chi connectivity index (χ4n) is 2.30. The largest absolute Gasteiger partial charge is 0.513 e. The number of hydrogen-bond acceptors (Lipinski definition) is 5. The summed E-state index contributed by atoms with van der Waals surface area (Å²) in [7, 11) is 0. The molecule has 0 unspecified atom stereocenters. The lowest BCUT2D eigenvalue weighted by molar-refractivity contribution is 0.0978. The van der Waals surface area contributed by atoms with Crippen LogP contribution in [0.15, 0.2) is 58.8 Å². The first kappa shape index (κ1) is 19.6. The van der Waals surface area contributed by atoms with Crippen molar-refractivity contribution < 1.29 is 14.3 Å². The average Bonchev–Trinajstić information content (AvgIpc) is 2.66. The SMILES string of the molecule is CCCCOC(=O)Oc1ccc(N=Nc2ccccc2CCCC)cc1. The number of carbonyl (C=O) groups is 1. The van der Waals surface area contributed by atoms with Gasteiger partial charge in [-0.25, -0.2) is 4.79 Å². The Kier molecular flexibility index (Phi) is 8.33. The summed E-state index contributed by atoms with van der Waals surface area (Å²) in [5.74, 6) is 0.425. The molecule has 5 heteroatoms. The fourth-order valence-corrected chi connectivity index (χ4v) is 2.30. The van der Waals surface area contributed by atoms with Gasteiger partial charge in [0.2, 0.25) is 0 Å². The molecule has 2 rings (SSSR count). The van der Waals surface area contributed by atoms with E-state index in [9.17, 15) is 4.79 Å². The topological polar surface area (TPSA) is 60.2 Å². The molecule has 2 aromatic carbocycles. The van der Waals surface area contributed by atoms with Gasteiger partial charge in [-0.2, -0.15) is 10.2 Å². The number of carbonyl (C=O) groups excluding carboxylic acids is 1. The monoisotopic (exact) mass is 354 g/mol. The maximum absolute atomic E-state index is 11.5. The predicted molar refractivity (Wildman–Crippen MR) is 103 cm³/mol. The van der Waals surface area contributed by atoms with E-state index in [-0.39, 0.29) is 0 Å². The van der Waals surface area contributed by atoms with Crippen molar-refractivity contribution in [2.24, 2.45) is 10.2 Å². The van der Waals surface area contributed by atoms with Gasteiger partial charge in [0.25, 0.3) is 0 Å². The molecule has 0 atom stereocenters. The van der Waals surface area contributed by atoms with Crippen molar-refractivity contribution >= 4 is 17.5 Å². The van der Waals surface area contributed by atoms with Crippen molar-refractivity contribution in [2.45, 2.75) is 46.0 Å². The molecular formula is C21H26N2O3. The third kappa shape index (κ3) is 6.67. The highest BCUT2D eigenvalue weighted by Gasteiger charge is 2.05. The summed E-state index contributed by atoms with van der Waals surface area (Å²) in [6.45, 7) is 4.58. The van der Waals surface area contributed by atoms with Gasteiger partial charge < -0.3 is 9.47 Å². The van der Waals surface area contributed by atoms with E-state index in [1.807, 2.05) is 25.1 Å². The van der Waals surface area contributed by atoms with E-state index >= 15 is 0 Å². The molecule has 0 spiro atoms. The molecule has 5 nitrogen and oxygen atoms in total. The molecule has 0 saturated carbocycles. The zero-order valence-electron chi connectivity index (χ0n) is 15.5. The number of nitrogens with zero attached hydrogens (tertiary/aromatic N) is 2. The Morgan fingerprint density at radius 2 is 1.65 bits per heavy atom. The number of aryl methyl sites for hydroxylation is 1. The van der Waals surface area contributed by atoms with Crippen LogP contribution in [-0.4, -0.2) is 12.8 Å². The Balaban J connectivity index is 1.94. The second-order valence-corrected chi connectivity index (χ2v) is 5.98. The quantitative estimate of drug-likeness (QED) is 0.216. The van der Waals surface area contributed by atoms with E-state index in [1.165, 1.54) is 5.56 Å². The van der Waals surface area contributed by atoms with E-state index in [1.54, 1.807) is 24.3 Å². The Hall–Kier alpha value is -2.69. The zero-order chi connectivity index (χ0) is 18.6. The number of azo groups is 1. The molecule has 0 amide bonds. The summed E-state index contributed by atoms with van der Waals surface area (Å²) >= 11 is 0. The number of unbranched alkanes of at least 4 members (excludes halogenated alkanes) is 2. The van der Waals surface area contributed by atoms with Crippen molar-refractivity contribution in [1.29, 1.82) is 0 Å². The fraction of sp³-hybridized carbons (Fsp3) is 0.381. The standard InChI is InChI=1S/C21H26N2O3/c1-3-5-9-17-10-7-8-11-20(17)23-22-18-12-14-19(15-13-18)26-21(24)25-16-6-4-2/h7-8,10-15H,3-6,9,16H2,1-2H3. The Labute approximate surface area is 155 Å². The maximum atomic E-state index is 11.5. The molecule has 2 aromatic rings. The first-order valence-electron chi connectivity index (χ1n) is 9.17. The van der Waals surface area contributed by atoms with Gasteiger partial charge in [-0.3, -0.25) is 0 Å². The molecule has 0 radical (unpaired) electrons. The van der Waals surface area contributed by atoms with Crippen molar-refractivity contribution in [1.82, 2.24) is 0 Å². The van der Waals surface area contributed by atoms with Crippen LogP contribution in [0.4, 0.5) is 16.2 Å². The van der Waals surface area contributed by atoms with Crippen molar-refractivity contribution in [3.63, 3.8) is 0 Å². The number of benzene rings is 2. The first-order valence-corrected chi connectivity index (χ1v) is 9.17. The van der Waals surface area contributed by atoms with Crippen molar-refractivity contribution in [3.05, 3.63) is 54.1 Å². The number of hydrogen-bond donors (Lipinski definition) is 0. The van der Waals surface area contributed by atoms with Crippen LogP contribution < -0.4 is 4.74 Å². The molecule has 0 bridgehead atoms. The van der Waals surface area contributed by atoms with Crippen LogP contribution >= 0.6 is 0 Å². The van der Waals surface area contributed by atoms with Crippen LogP contribution in [0.5, 0.6) is 5.75 Å². The lowest BCUT2D eigenvalue weighted by Gasteiger charge is -2.05. The third-order valence-electron chi connectivity index (χ3n) is 3.82. The second-order valence-electron chi connectivity index (χ2n) is 5.98. The summed E-state index contributed by atoms with van der Waals surface area (Å²) in [6.07, 6.45) is 4.39. The summed E-state index contributed by atoms with van der Waals surface area (Å²) in [5, 5.41) is 8.64. The molecule has 0 saturated heterocycles. The molecule has 0 aliphatic heterocycles. The van der Waals surface area contributed by atoms with Crippen LogP contribution in [0.3, 0.4) is 0 Å². The molecule has 0 aromatic heterocycles. The molecule has 0 heterocycles. The van der Waals surface area contributed by atoms with Crippen molar-refractivity contribution in [2.75, 3.05) is 6.61 Å². The predicted octanol–water partition coefficient (Wildman–Crippen LogP) is 6.76. The maximum Gasteiger partial charge on any atom is 0.513 e. The van der Waals surface area contributed by atoms with E-state index in [4.69, 9.17) is 9.47 Å². The molecule has 0 fully saturated rings. The molecule has 0 aliphatic rings. The Bertz CT molecular complexity index is 711. The highest BCUT2D eigenvalue weighted by Crippen LogP contribution is 2.25. The van der Waals surface area contributed by atoms with Crippen LogP contribution in [0.25, 0.3) is 0 Å². The molecule has 138 valence electrons. The van der Waals surface area contributed by atoms with Gasteiger partial charge in [-0.15, -0.1) is 0 Å². The summed E-state index contributed by atoms with van der Waals surface area (Å²) in [4.78, 5) is 11.5. The highest BCUT2D eigenvalue weighted by atomic mass is 16.7. The van der Waals surface area contributed by atoms with Crippen LogP contribution in [-0.2, 0) is 11.2 Å². The summed E-state index contributed by atoms with van der Waals surface area (Å²) in [6, 6.07) is 14.9. The average molecular weight is 354 g/mol. The van der Waals surface area contributed by atoms with Gasteiger partial charge in [0, 0.05) is 0 Å². The van der Waals surface area contributed by atoms with Crippen LogP contribution in [0.2, 0.25) is 0 Å². The number of rotatable bonds is 9. The first-order chi connectivity index (χ1) is 12.7. The molecule has 0 N–H and O–H groups in total. The summed E-state index contributed by atoms with van der Waals surface area (Å²) < 4.78 is 10.1. The lowest BCUT2D eigenvalue weighted by Crippen LogP contribution is -2.11. The molecular weight excluding hydrogens is 328 g/mol. The smallest absolute Gasteiger partial charge is 0.434 e. The van der Waals surface area contributed by atoms with Gasteiger partial charge in [-0.05, 0) is 55.2 Å².